The molecule has 122 valence electrons. The minimum atomic E-state index is -0.427. The maximum absolute atomic E-state index is 10.7. The molecule has 0 saturated carbocycles. The summed E-state index contributed by atoms with van der Waals surface area (Å²) < 4.78 is 1.39. The normalized spacial score (nSPS) is 10.7. The molecule has 0 fully saturated rings. The Morgan fingerprint density at radius 3 is 2.54 bits per heavy atom. The predicted octanol–water partition coefficient (Wildman–Crippen LogP) is 3.51. The Balaban J connectivity index is 1.75. The molecule has 9 heteroatoms. The van der Waals surface area contributed by atoms with E-state index in [9.17, 15) is 10.1 Å². The van der Waals surface area contributed by atoms with Gasteiger partial charge in [-0.3, -0.25) is 10.1 Å². The van der Waals surface area contributed by atoms with Crippen LogP contribution in [0.25, 0.3) is 11.4 Å². The number of benzene rings is 2. The minimum Gasteiger partial charge on any atom is -0.335 e. The fourth-order valence-corrected chi connectivity index (χ4v) is 3.10. The lowest BCUT2D eigenvalue weighted by Crippen LogP contribution is -2.11. The van der Waals surface area contributed by atoms with Gasteiger partial charge in [-0.05, 0) is 17.7 Å². The zero-order chi connectivity index (χ0) is 17.1. The molecule has 0 radical (unpaired) electrons. The maximum atomic E-state index is 10.7. The van der Waals surface area contributed by atoms with Crippen molar-refractivity contribution in [2.45, 2.75) is 10.9 Å². The Morgan fingerprint density at radius 1 is 1.17 bits per heavy atom. The molecule has 24 heavy (non-hydrogen) atoms. The van der Waals surface area contributed by atoms with Crippen LogP contribution in [0.2, 0.25) is 5.02 Å². The van der Waals surface area contributed by atoms with Gasteiger partial charge in [-0.1, -0.05) is 47.6 Å². The largest absolute Gasteiger partial charge is 0.335 e. The number of halogens is 1. The smallest absolute Gasteiger partial charge is 0.269 e. The highest BCUT2D eigenvalue weighted by atomic mass is 35.5. The summed E-state index contributed by atoms with van der Waals surface area (Å²) in [6.07, 6.45) is 0. The molecule has 3 rings (SSSR count). The average molecular weight is 362 g/mol. The molecule has 0 atom stereocenters. The van der Waals surface area contributed by atoms with Crippen LogP contribution in [-0.4, -0.2) is 19.8 Å². The van der Waals surface area contributed by atoms with Crippen LogP contribution in [-0.2, 0) is 5.75 Å². The van der Waals surface area contributed by atoms with Gasteiger partial charge in [0.2, 0.25) is 5.16 Å². The molecule has 0 aliphatic rings. The van der Waals surface area contributed by atoms with Crippen LogP contribution in [0, 0.1) is 10.1 Å². The molecule has 0 aliphatic carbocycles. The van der Waals surface area contributed by atoms with Crippen molar-refractivity contribution < 1.29 is 4.92 Å². The fraction of sp³-hybridized carbons (Fsp3) is 0.0667. The number of nitro benzene ring substituents is 1. The van der Waals surface area contributed by atoms with E-state index in [0.29, 0.717) is 27.3 Å². The lowest BCUT2D eigenvalue weighted by atomic mass is 10.2. The van der Waals surface area contributed by atoms with Crippen molar-refractivity contribution in [2.75, 3.05) is 5.84 Å². The lowest BCUT2D eigenvalue weighted by Gasteiger charge is -2.05. The van der Waals surface area contributed by atoms with Crippen molar-refractivity contribution in [3.05, 3.63) is 69.2 Å². The number of hydrogen-bond donors (Lipinski definition) is 1. The van der Waals surface area contributed by atoms with Gasteiger partial charge in [0.15, 0.2) is 5.82 Å². The zero-order valence-corrected chi connectivity index (χ0v) is 13.9. The van der Waals surface area contributed by atoms with Crippen molar-refractivity contribution in [1.29, 1.82) is 0 Å². The Kier molecular flexibility index (Phi) is 4.68. The number of nitrogens with zero attached hydrogens (tertiary/aromatic N) is 4. The molecule has 2 N–H and O–H groups in total. The van der Waals surface area contributed by atoms with E-state index in [1.54, 1.807) is 18.2 Å². The van der Waals surface area contributed by atoms with Crippen LogP contribution >= 0.6 is 23.4 Å². The van der Waals surface area contributed by atoms with Crippen molar-refractivity contribution >= 4 is 29.1 Å². The third kappa shape index (κ3) is 3.34. The van der Waals surface area contributed by atoms with Gasteiger partial charge >= 0.3 is 0 Å². The van der Waals surface area contributed by atoms with Crippen molar-refractivity contribution in [2.24, 2.45) is 0 Å². The second kappa shape index (κ2) is 6.90. The summed E-state index contributed by atoms with van der Waals surface area (Å²) in [5, 5.41) is 19.9. The first-order chi connectivity index (χ1) is 11.6. The summed E-state index contributed by atoms with van der Waals surface area (Å²) in [6, 6.07) is 13.6. The Hall–Kier alpha value is -2.58. The molecule has 3 aromatic rings. The van der Waals surface area contributed by atoms with E-state index in [2.05, 4.69) is 10.2 Å². The van der Waals surface area contributed by atoms with Gasteiger partial charge in [0.05, 0.1) is 9.95 Å². The number of nitrogens with two attached hydrogens (primary N) is 1. The summed E-state index contributed by atoms with van der Waals surface area (Å²) in [5.74, 6) is 7.10. The van der Waals surface area contributed by atoms with Gasteiger partial charge in [0.1, 0.15) is 0 Å². The molecule has 0 aliphatic heterocycles. The standard InChI is InChI=1S/C15H12ClN5O2S/c16-13-4-2-1-3-12(13)14-18-19-15(20(14)17)24-9-10-5-7-11(8-6-10)21(22)23/h1-8H,9,17H2. The molecule has 0 amide bonds. The van der Waals surface area contributed by atoms with Crippen LogP contribution < -0.4 is 5.84 Å². The highest BCUT2D eigenvalue weighted by Crippen LogP contribution is 2.28. The Morgan fingerprint density at radius 2 is 1.88 bits per heavy atom. The number of thioether (sulfide) groups is 1. The number of non-ortho nitro benzene ring substituents is 1. The van der Waals surface area contributed by atoms with E-state index in [0.717, 1.165) is 5.56 Å². The number of rotatable bonds is 5. The second-order valence-corrected chi connectivity index (χ2v) is 6.22. The van der Waals surface area contributed by atoms with E-state index < -0.39 is 4.92 Å². The number of nitrogen functional groups attached to an aromatic ring is 1. The summed E-state index contributed by atoms with van der Waals surface area (Å²) >= 11 is 7.54. The van der Waals surface area contributed by atoms with Crippen LogP contribution in [0.5, 0.6) is 0 Å². The third-order valence-electron chi connectivity index (χ3n) is 3.29. The first-order valence-corrected chi connectivity index (χ1v) is 8.24. The molecular weight excluding hydrogens is 350 g/mol. The first-order valence-electron chi connectivity index (χ1n) is 6.88. The van der Waals surface area contributed by atoms with Crippen LogP contribution in [0.4, 0.5) is 5.69 Å². The van der Waals surface area contributed by atoms with E-state index >= 15 is 0 Å². The lowest BCUT2D eigenvalue weighted by molar-refractivity contribution is -0.384. The van der Waals surface area contributed by atoms with Crippen molar-refractivity contribution in [3.63, 3.8) is 0 Å². The molecule has 1 heterocycles. The quantitative estimate of drug-likeness (QED) is 0.323. The van der Waals surface area contributed by atoms with Crippen LogP contribution in [0.1, 0.15) is 5.56 Å². The van der Waals surface area contributed by atoms with Crippen molar-refractivity contribution in [3.8, 4) is 11.4 Å². The number of hydrogen-bond acceptors (Lipinski definition) is 6. The van der Waals surface area contributed by atoms with Gasteiger partial charge in [-0.2, -0.15) is 0 Å². The minimum absolute atomic E-state index is 0.0618. The predicted molar refractivity (Wildman–Crippen MR) is 93.3 cm³/mol. The molecule has 0 unspecified atom stereocenters. The second-order valence-electron chi connectivity index (χ2n) is 4.87. The van der Waals surface area contributed by atoms with Gasteiger partial charge in [-0.25, -0.2) is 4.68 Å². The monoisotopic (exact) mass is 361 g/mol. The highest BCUT2D eigenvalue weighted by molar-refractivity contribution is 7.98. The summed E-state index contributed by atoms with van der Waals surface area (Å²) in [6.45, 7) is 0. The van der Waals surface area contributed by atoms with E-state index in [1.807, 2.05) is 18.2 Å². The SMILES string of the molecule is Nn1c(SCc2ccc([N+](=O)[O-])cc2)nnc1-c1ccccc1Cl. The van der Waals surface area contributed by atoms with E-state index in [-0.39, 0.29) is 5.69 Å². The summed E-state index contributed by atoms with van der Waals surface area (Å²) in [4.78, 5) is 10.2. The van der Waals surface area contributed by atoms with Crippen LogP contribution in [0.3, 0.4) is 0 Å². The summed E-state index contributed by atoms with van der Waals surface area (Å²) in [5.41, 5.74) is 1.69. The van der Waals surface area contributed by atoms with Crippen molar-refractivity contribution in [1.82, 2.24) is 14.9 Å². The van der Waals surface area contributed by atoms with Gasteiger partial charge in [-0.15, -0.1) is 10.2 Å². The molecule has 0 spiro atoms. The van der Waals surface area contributed by atoms with Gasteiger partial charge < -0.3 is 5.84 Å². The fourth-order valence-electron chi connectivity index (χ4n) is 2.06. The third-order valence-corrected chi connectivity index (χ3v) is 4.64. The number of aromatic nitrogens is 3. The molecular formula is C15H12ClN5O2S. The van der Waals surface area contributed by atoms with Crippen LogP contribution in [0.15, 0.2) is 53.7 Å². The molecule has 0 saturated heterocycles. The average Bonchev–Trinajstić information content (AvgIpc) is 2.94. The molecule has 2 aromatic carbocycles. The van der Waals surface area contributed by atoms with Gasteiger partial charge in [0.25, 0.3) is 5.69 Å². The van der Waals surface area contributed by atoms with E-state index in [1.165, 1.54) is 28.6 Å². The van der Waals surface area contributed by atoms with Gasteiger partial charge in [0, 0.05) is 23.4 Å². The first kappa shape index (κ1) is 16.3. The van der Waals surface area contributed by atoms with E-state index in [4.69, 9.17) is 17.4 Å². The topological polar surface area (TPSA) is 99.9 Å². The maximum Gasteiger partial charge on any atom is 0.269 e. The Labute approximate surface area is 146 Å². The number of nitro groups is 1. The highest BCUT2D eigenvalue weighted by Gasteiger charge is 2.14. The molecule has 0 bridgehead atoms. The zero-order valence-electron chi connectivity index (χ0n) is 12.3. The Bertz CT molecular complexity index is 882. The molecule has 7 nitrogen and oxygen atoms in total. The summed E-state index contributed by atoms with van der Waals surface area (Å²) in [7, 11) is 0. The molecule has 1 aromatic heterocycles.